The number of nitrogens with zero attached hydrogens (tertiary/aromatic N) is 2. The highest BCUT2D eigenvalue weighted by atomic mass is 32.2. The van der Waals surface area contributed by atoms with Crippen LogP contribution in [0.25, 0.3) is 0 Å². The quantitative estimate of drug-likeness (QED) is 0.663. The molecule has 1 aromatic carbocycles. The van der Waals surface area contributed by atoms with Crippen LogP contribution in [-0.4, -0.2) is 67.9 Å². The first kappa shape index (κ1) is 25.1. The summed E-state index contributed by atoms with van der Waals surface area (Å²) < 4.78 is 28.5. The van der Waals surface area contributed by atoms with Crippen LogP contribution >= 0.6 is 0 Å². The van der Waals surface area contributed by atoms with Crippen LogP contribution in [0.4, 0.5) is 4.79 Å². The van der Waals surface area contributed by atoms with Crippen molar-refractivity contribution in [2.75, 3.05) is 19.6 Å². The Morgan fingerprint density at radius 2 is 1.74 bits per heavy atom. The van der Waals surface area contributed by atoms with E-state index in [1.807, 2.05) is 41.5 Å². The second-order valence-electron chi connectivity index (χ2n) is 8.73. The van der Waals surface area contributed by atoms with Crippen molar-refractivity contribution in [2.24, 2.45) is 5.92 Å². The molecule has 2 rings (SSSR count). The monoisotopic (exact) mass is 452 g/mol. The lowest BCUT2D eigenvalue weighted by atomic mass is 9.98. The van der Waals surface area contributed by atoms with E-state index in [0.29, 0.717) is 26.1 Å². The van der Waals surface area contributed by atoms with E-state index in [1.165, 1.54) is 0 Å². The van der Waals surface area contributed by atoms with Crippen molar-refractivity contribution < 1.29 is 18.0 Å². The molecular weight excluding hydrogens is 416 g/mol. The Kier molecular flexibility index (Phi) is 8.48. The van der Waals surface area contributed by atoms with E-state index >= 15 is 0 Å². The van der Waals surface area contributed by atoms with Gasteiger partial charge in [0.2, 0.25) is 15.9 Å². The standard InChI is InChI=1S/C22H36N4O4S/c1-7-17(5)20(24-31(29,30)19-10-8-16(4)9-11-19)21(27)25-12-13-26(18(6)14-25)22(28)23-15(2)3/h8-11,15,17-18,20,24H,7,12-14H2,1-6H3,(H,23,28). The Hall–Kier alpha value is -2.13. The molecule has 3 amide bonds. The van der Waals surface area contributed by atoms with Gasteiger partial charge in [0, 0.05) is 31.7 Å². The fourth-order valence-electron chi connectivity index (χ4n) is 3.58. The van der Waals surface area contributed by atoms with Gasteiger partial charge in [-0.1, -0.05) is 38.0 Å². The molecule has 0 aromatic heterocycles. The lowest BCUT2D eigenvalue weighted by Crippen LogP contribution is -2.61. The van der Waals surface area contributed by atoms with Crippen molar-refractivity contribution in [2.45, 2.75) is 71.0 Å². The maximum atomic E-state index is 13.3. The van der Waals surface area contributed by atoms with Crippen molar-refractivity contribution in [3.8, 4) is 0 Å². The van der Waals surface area contributed by atoms with Crippen molar-refractivity contribution in [3.63, 3.8) is 0 Å². The van der Waals surface area contributed by atoms with Crippen molar-refractivity contribution in [1.29, 1.82) is 0 Å². The van der Waals surface area contributed by atoms with Crippen LogP contribution in [0.5, 0.6) is 0 Å². The zero-order chi connectivity index (χ0) is 23.3. The number of piperazine rings is 1. The minimum Gasteiger partial charge on any atom is -0.337 e. The number of urea groups is 1. The molecule has 2 N–H and O–H groups in total. The van der Waals surface area contributed by atoms with E-state index in [4.69, 9.17) is 0 Å². The maximum Gasteiger partial charge on any atom is 0.317 e. The topological polar surface area (TPSA) is 98.8 Å². The van der Waals surface area contributed by atoms with Gasteiger partial charge in [0.1, 0.15) is 6.04 Å². The number of rotatable bonds is 7. The van der Waals surface area contributed by atoms with E-state index in [1.54, 1.807) is 34.1 Å². The van der Waals surface area contributed by atoms with Crippen LogP contribution in [0.3, 0.4) is 0 Å². The van der Waals surface area contributed by atoms with Crippen molar-refractivity contribution >= 4 is 22.0 Å². The molecule has 9 heteroatoms. The van der Waals surface area contributed by atoms with E-state index in [0.717, 1.165) is 5.56 Å². The fraction of sp³-hybridized carbons (Fsp3) is 0.636. The highest BCUT2D eigenvalue weighted by Crippen LogP contribution is 2.19. The number of benzene rings is 1. The normalized spacial score (nSPS) is 19.3. The molecule has 8 nitrogen and oxygen atoms in total. The summed E-state index contributed by atoms with van der Waals surface area (Å²) >= 11 is 0. The first-order valence-corrected chi connectivity index (χ1v) is 12.4. The molecule has 1 aliphatic rings. The molecule has 1 saturated heterocycles. The Balaban J connectivity index is 2.15. The van der Waals surface area contributed by atoms with E-state index in [2.05, 4.69) is 10.0 Å². The van der Waals surface area contributed by atoms with Crippen molar-refractivity contribution in [1.82, 2.24) is 19.8 Å². The molecule has 0 saturated carbocycles. The fourth-order valence-corrected chi connectivity index (χ4v) is 4.88. The Labute approximate surface area is 186 Å². The summed E-state index contributed by atoms with van der Waals surface area (Å²) in [7, 11) is -3.84. The number of sulfonamides is 1. The first-order chi connectivity index (χ1) is 14.5. The van der Waals surface area contributed by atoms with Gasteiger partial charge in [-0.2, -0.15) is 4.72 Å². The van der Waals surface area contributed by atoms with Gasteiger partial charge in [-0.15, -0.1) is 0 Å². The molecule has 3 atom stereocenters. The average molecular weight is 453 g/mol. The summed E-state index contributed by atoms with van der Waals surface area (Å²) in [5.41, 5.74) is 0.960. The van der Waals surface area contributed by atoms with Crippen LogP contribution in [-0.2, 0) is 14.8 Å². The molecule has 0 bridgehead atoms. The van der Waals surface area contributed by atoms with Crippen molar-refractivity contribution in [3.05, 3.63) is 29.8 Å². The van der Waals surface area contributed by atoms with Crippen LogP contribution in [0.15, 0.2) is 29.2 Å². The summed E-state index contributed by atoms with van der Waals surface area (Å²) in [4.78, 5) is 29.2. The van der Waals surface area contributed by atoms with Gasteiger partial charge < -0.3 is 15.1 Å². The minimum absolute atomic E-state index is 0.0327. The number of carbonyl (C=O) groups is 2. The van der Waals surface area contributed by atoms with Crippen LogP contribution in [0.1, 0.15) is 46.6 Å². The predicted octanol–water partition coefficient (Wildman–Crippen LogP) is 2.34. The largest absolute Gasteiger partial charge is 0.337 e. The molecule has 1 aromatic rings. The van der Waals surface area contributed by atoms with Gasteiger partial charge in [-0.05, 0) is 45.7 Å². The summed E-state index contributed by atoms with van der Waals surface area (Å²) in [6, 6.07) is 5.42. The molecule has 31 heavy (non-hydrogen) atoms. The van der Waals surface area contributed by atoms with Gasteiger partial charge in [0.05, 0.1) is 4.90 Å². The number of carbonyl (C=O) groups excluding carboxylic acids is 2. The first-order valence-electron chi connectivity index (χ1n) is 10.9. The molecule has 1 heterocycles. The third kappa shape index (κ3) is 6.43. The molecule has 1 aliphatic heterocycles. The van der Waals surface area contributed by atoms with Gasteiger partial charge >= 0.3 is 6.03 Å². The summed E-state index contributed by atoms with van der Waals surface area (Å²) in [6.45, 7) is 12.5. The third-order valence-electron chi connectivity index (χ3n) is 5.70. The number of nitrogens with one attached hydrogen (secondary N) is 2. The van der Waals surface area contributed by atoms with Gasteiger partial charge in [-0.25, -0.2) is 13.2 Å². The van der Waals surface area contributed by atoms with E-state index < -0.39 is 16.1 Å². The SMILES string of the molecule is CCC(C)C(NS(=O)(=O)c1ccc(C)cc1)C(=O)N1CCN(C(=O)NC(C)C)C(C)C1. The Morgan fingerprint density at radius 3 is 2.26 bits per heavy atom. The second-order valence-corrected chi connectivity index (χ2v) is 10.4. The average Bonchev–Trinajstić information content (AvgIpc) is 2.70. The lowest BCUT2D eigenvalue weighted by Gasteiger charge is -2.41. The minimum atomic E-state index is -3.84. The third-order valence-corrected chi connectivity index (χ3v) is 7.16. The number of amides is 3. The summed E-state index contributed by atoms with van der Waals surface area (Å²) in [5.74, 6) is -0.425. The summed E-state index contributed by atoms with van der Waals surface area (Å²) in [6.07, 6.45) is 0.652. The van der Waals surface area contributed by atoms with Gasteiger partial charge in [0.15, 0.2) is 0 Å². The molecular formula is C22H36N4O4S. The molecule has 1 fully saturated rings. The van der Waals surface area contributed by atoms with E-state index in [-0.39, 0.29) is 34.8 Å². The second kappa shape index (κ2) is 10.5. The highest BCUT2D eigenvalue weighted by Gasteiger charge is 2.36. The van der Waals surface area contributed by atoms with E-state index in [9.17, 15) is 18.0 Å². The van der Waals surface area contributed by atoms with Crippen LogP contribution < -0.4 is 10.0 Å². The number of aryl methyl sites for hydroxylation is 1. The summed E-state index contributed by atoms with van der Waals surface area (Å²) in [5, 5.41) is 2.88. The Morgan fingerprint density at radius 1 is 1.13 bits per heavy atom. The van der Waals surface area contributed by atoms with Gasteiger partial charge in [0.25, 0.3) is 0 Å². The maximum absolute atomic E-state index is 13.3. The smallest absolute Gasteiger partial charge is 0.317 e. The molecule has 0 aliphatic carbocycles. The molecule has 174 valence electrons. The molecule has 0 spiro atoms. The zero-order valence-corrected chi connectivity index (χ0v) is 20.2. The van der Waals surface area contributed by atoms with Crippen LogP contribution in [0, 0.1) is 12.8 Å². The number of hydrogen-bond acceptors (Lipinski definition) is 4. The predicted molar refractivity (Wildman–Crippen MR) is 121 cm³/mol. The molecule has 0 radical (unpaired) electrons. The zero-order valence-electron chi connectivity index (χ0n) is 19.4. The highest BCUT2D eigenvalue weighted by molar-refractivity contribution is 7.89. The van der Waals surface area contributed by atoms with Gasteiger partial charge in [-0.3, -0.25) is 4.79 Å². The van der Waals surface area contributed by atoms with Crippen LogP contribution in [0.2, 0.25) is 0 Å². The Bertz CT molecular complexity index is 870. The molecule has 3 unspecified atom stereocenters. The number of hydrogen-bond donors (Lipinski definition) is 2. The lowest BCUT2D eigenvalue weighted by molar-refractivity contribution is -0.136.